The van der Waals surface area contributed by atoms with Crippen LogP contribution in [0.1, 0.15) is 39.1 Å². The predicted octanol–water partition coefficient (Wildman–Crippen LogP) is 1.10. The molecule has 1 saturated heterocycles. The van der Waals surface area contributed by atoms with Crippen molar-refractivity contribution in [3.05, 3.63) is 73.7 Å². The summed E-state index contributed by atoms with van der Waals surface area (Å²) in [6.07, 6.45) is 3.05. The van der Waals surface area contributed by atoms with E-state index < -0.39 is 34.6 Å². The van der Waals surface area contributed by atoms with Gasteiger partial charge in [0.2, 0.25) is 5.91 Å². The molecule has 2 aromatic rings. The first-order valence-electron chi connectivity index (χ1n) is 9.92. The fourth-order valence-electron chi connectivity index (χ4n) is 3.38. The van der Waals surface area contributed by atoms with Crippen LogP contribution < -0.4 is 10.9 Å². The van der Waals surface area contributed by atoms with Gasteiger partial charge < -0.3 is 15.0 Å². The van der Waals surface area contributed by atoms with E-state index in [2.05, 4.69) is 10.1 Å². The van der Waals surface area contributed by atoms with Gasteiger partial charge in [-0.25, -0.2) is 4.79 Å². The first kappa shape index (κ1) is 22.7. The molecule has 0 bridgehead atoms. The van der Waals surface area contributed by atoms with Gasteiger partial charge in [0.15, 0.2) is 0 Å². The molecule has 0 radical (unpaired) electrons. The Balaban J connectivity index is 1.65. The molecule has 2 heterocycles. The van der Waals surface area contributed by atoms with Gasteiger partial charge in [0.05, 0.1) is 17.6 Å². The molecule has 1 aliphatic rings. The normalized spacial score (nSPS) is 13.0. The Hall–Kier alpha value is -4.02. The van der Waals surface area contributed by atoms with Crippen LogP contribution in [0.25, 0.3) is 0 Å². The number of rotatable bonds is 7. The highest BCUT2D eigenvalue weighted by Crippen LogP contribution is 2.14. The lowest BCUT2D eigenvalue weighted by Crippen LogP contribution is -2.33. The van der Waals surface area contributed by atoms with Crippen LogP contribution in [0, 0.1) is 10.1 Å². The number of benzene rings is 1. The molecule has 11 heteroatoms. The predicted molar refractivity (Wildman–Crippen MR) is 112 cm³/mol. The number of aromatic nitrogens is 1. The minimum atomic E-state index is -1.01. The van der Waals surface area contributed by atoms with Crippen molar-refractivity contribution in [1.29, 1.82) is 0 Å². The quantitative estimate of drug-likeness (QED) is 0.384. The Morgan fingerprint density at radius 2 is 1.78 bits per heavy atom. The van der Waals surface area contributed by atoms with Crippen LogP contribution in [0.4, 0.5) is 5.69 Å². The average molecular weight is 442 g/mol. The summed E-state index contributed by atoms with van der Waals surface area (Å²) in [6, 6.07) is 7.64. The molecule has 168 valence electrons. The van der Waals surface area contributed by atoms with Crippen LogP contribution in [-0.2, 0) is 22.6 Å². The minimum absolute atomic E-state index is 0.0236. The summed E-state index contributed by atoms with van der Waals surface area (Å²) in [6.45, 7) is 1.12. The Kier molecular flexibility index (Phi) is 6.98. The van der Waals surface area contributed by atoms with Crippen molar-refractivity contribution in [2.24, 2.45) is 0 Å². The molecule has 1 fully saturated rings. The van der Waals surface area contributed by atoms with Crippen LogP contribution in [0.15, 0.2) is 41.3 Å². The highest BCUT2D eigenvalue weighted by atomic mass is 16.6. The van der Waals surface area contributed by atoms with Gasteiger partial charge in [-0.3, -0.25) is 29.1 Å². The van der Waals surface area contributed by atoms with Gasteiger partial charge in [0.25, 0.3) is 5.91 Å². The maximum absolute atomic E-state index is 12.4. The van der Waals surface area contributed by atoms with Crippen molar-refractivity contribution in [2.45, 2.75) is 25.9 Å². The fraction of sp³-hybridized carbons (Fsp3) is 0.333. The number of hydrogen-bond donors (Lipinski definition) is 1. The van der Waals surface area contributed by atoms with E-state index in [0.717, 1.165) is 55.4 Å². The Morgan fingerprint density at radius 3 is 2.38 bits per heavy atom. The number of nitrogens with zero attached hydrogens (tertiary/aromatic N) is 3. The molecule has 32 heavy (non-hydrogen) atoms. The van der Waals surface area contributed by atoms with Gasteiger partial charge in [0.1, 0.15) is 6.54 Å². The van der Waals surface area contributed by atoms with Gasteiger partial charge in [0, 0.05) is 37.5 Å². The summed E-state index contributed by atoms with van der Waals surface area (Å²) < 4.78 is 5.32. The van der Waals surface area contributed by atoms with Crippen LogP contribution in [0.2, 0.25) is 0 Å². The monoisotopic (exact) mass is 442 g/mol. The van der Waals surface area contributed by atoms with Crippen molar-refractivity contribution < 1.29 is 24.0 Å². The van der Waals surface area contributed by atoms with E-state index in [4.69, 9.17) is 0 Å². The molecular formula is C21H22N4O7. The van der Waals surface area contributed by atoms with Gasteiger partial charge in [-0.1, -0.05) is 12.1 Å². The first-order valence-corrected chi connectivity index (χ1v) is 9.92. The number of ether oxygens (including phenoxy) is 1. The zero-order valence-corrected chi connectivity index (χ0v) is 17.4. The second-order valence-corrected chi connectivity index (χ2v) is 7.27. The van der Waals surface area contributed by atoms with Crippen LogP contribution in [0.3, 0.4) is 0 Å². The molecule has 11 nitrogen and oxygen atoms in total. The summed E-state index contributed by atoms with van der Waals surface area (Å²) in [4.78, 5) is 60.6. The third-order valence-corrected chi connectivity index (χ3v) is 5.08. The molecule has 1 aliphatic heterocycles. The number of methoxy groups -OCH3 is 1. The van der Waals surface area contributed by atoms with Gasteiger partial charge in [-0.15, -0.1) is 0 Å². The van der Waals surface area contributed by atoms with Crippen LogP contribution in [0.5, 0.6) is 0 Å². The standard InChI is InChI=1S/C21H22N4O7/c1-32-21(29)16-10-17(25(30)31)20(28)24(12-16)13-18(26)22-11-14-4-6-15(7-5-14)19(27)23-8-2-3-9-23/h4-7,10,12H,2-3,8-9,11,13H2,1H3,(H,22,26). The second-order valence-electron chi connectivity index (χ2n) is 7.27. The highest BCUT2D eigenvalue weighted by Gasteiger charge is 2.22. The zero-order chi connectivity index (χ0) is 23.3. The number of esters is 1. The Morgan fingerprint density at radius 1 is 1.12 bits per heavy atom. The largest absolute Gasteiger partial charge is 0.465 e. The maximum Gasteiger partial charge on any atom is 0.339 e. The summed E-state index contributed by atoms with van der Waals surface area (Å²) in [5, 5.41) is 13.7. The molecule has 2 amide bonds. The third-order valence-electron chi connectivity index (χ3n) is 5.08. The molecule has 0 unspecified atom stereocenters. The molecular weight excluding hydrogens is 420 g/mol. The molecule has 0 atom stereocenters. The van der Waals surface area contributed by atoms with Gasteiger partial charge in [-0.05, 0) is 30.5 Å². The summed E-state index contributed by atoms with van der Waals surface area (Å²) >= 11 is 0. The number of hydrogen-bond acceptors (Lipinski definition) is 7. The van der Waals surface area contributed by atoms with Crippen LogP contribution in [-0.4, -0.2) is 52.4 Å². The lowest BCUT2D eigenvalue weighted by atomic mass is 10.1. The smallest absolute Gasteiger partial charge is 0.339 e. The van der Waals surface area contributed by atoms with Crippen molar-refractivity contribution in [1.82, 2.24) is 14.8 Å². The van der Waals surface area contributed by atoms with E-state index in [1.165, 1.54) is 0 Å². The molecule has 3 rings (SSSR count). The van der Waals surface area contributed by atoms with Crippen molar-refractivity contribution in [3.8, 4) is 0 Å². The summed E-state index contributed by atoms with van der Waals surface area (Å²) in [5.74, 6) is -1.48. The Labute approximate surface area is 182 Å². The molecule has 1 aromatic carbocycles. The number of nitro groups is 1. The van der Waals surface area contributed by atoms with E-state index in [1.54, 1.807) is 29.2 Å². The highest BCUT2D eigenvalue weighted by molar-refractivity contribution is 5.94. The van der Waals surface area contributed by atoms with Crippen LogP contribution >= 0.6 is 0 Å². The average Bonchev–Trinajstić information content (AvgIpc) is 3.33. The fourth-order valence-corrected chi connectivity index (χ4v) is 3.38. The van der Waals surface area contributed by atoms with Crippen molar-refractivity contribution >= 4 is 23.5 Å². The second kappa shape index (κ2) is 9.86. The topological polar surface area (TPSA) is 141 Å². The van der Waals surface area contributed by atoms with E-state index >= 15 is 0 Å². The Bertz CT molecular complexity index is 1100. The first-order chi connectivity index (χ1) is 15.3. The maximum atomic E-state index is 12.4. The minimum Gasteiger partial charge on any atom is -0.465 e. The molecule has 1 aromatic heterocycles. The van der Waals surface area contributed by atoms with Crippen molar-refractivity contribution in [2.75, 3.05) is 20.2 Å². The van der Waals surface area contributed by atoms with Gasteiger partial charge >= 0.3 is 17.2 Å². The number of carbonyl (C=O) groups is 3. The van der Waals surface area contributed by atoms with Gasteiger partial charge in [-0.2, -0.15) is 0 Å². The van der Waals surface area contributed by atoms with E-state index in [-0.39, 0.29) is 18.0 Å². The summed E-state index contributed by atoms with van der Waals surface area (Å²) in [5.41, 5.74) is -0.759. The van der Waals surface area contributed by atoms with E-state index in [1.807, 2.05) is 0 Å². The van der Waals surface area contributed by atoms with E-state index in [9.17, 15) is 29.3 Å². The number of likely N-dealkylation sites (tertiary alicyclic amines) is 1. The summed E-state index contributed by atoms with van der Waals surface area (Å²) in [7, 11) is 1.10. The lowest BCUT2D eigenvalue weighted by molar-refractivity contribution is -0.386. The molecule has 0 spiro atoms. The SMILES string of the molecule is COC(=O)c1cc([N+](=O)[O-])c(=O)n(CC(=O)NCc2ccc(C(=O)N3CCCC3)cc2)c1. The molecule has 0 saturated carbocycles. The number of nitrogens with one attached hydrogen (secondary N) is 1. The van der Waals surface area contributed by atoms with Crippen molar-refractivity contribution in [3.63, 3.8) is 0 Å². The lowest BCUT2D eigenvalue weighted by Gasteiger charge is -2.15. The number of carbonyl (C=O) groups excluding carboxylic acids is 3. The molecule has 0 aliphatic carbocycles. The molecule has 1 N–H and O–H groups in total. The van der Waals surface area contributed by atoms with E-state index in [0.29, 0.717) is 5.56 Å². The number of pyridine rings is 1. The zero-order valence-electron chi connectivity index (χ0n) is 17.4. The third kappa shape index (κ3) is 5.17. The number of amides is 2.